The Hall–Kier alpha value is -3.90. The van der Waals surface area contributed by atoms with E-state index in [-0.39, 0.29) is 22.9 Å². The van der Waals surface area contributed by atoms with Crippen LogP contribution in [-0.4, -0.2) is 24.1 Å². The Balaban J connectivity index is 1.86. The number of nitrogens with zero attached hydrogens (tertiary/aromatic N) is 2. The molecule has 1 amide bonds. The minimum atomic E-state index is -0.647. The first-order chi connectivity index (χ1) is 15.3. The van der Waals surface area contributed by atoms with E-state index in [0.717, 1.165) is 5.56 Å². The average molecular weight is 496 g/mol. The summed E-state index contributed by atoms with van der Waals surface area (Å²) < 4.78 is 16.2. The van der Waals surface area contributed by atoms with Gasteiger partial charge in [0.1, 0.15) is 17.4 Å². The lowest BCUT2D eigenvalue weighted by molar-refractivity contribution is -0.112. The number of hydrogen-bond acceptors (Lipinski definition) is 7. The van der Waals surface area contributed by atoms with Crippen LogP contribution in [0.25, 0.3) is 6.08 Å². The summed E-state index contributed by atoms with van der Waals surface area (Å²) in [6, 6.07) is 13.6. The molecule has 0 saturated heterocycles. The number of hydrogen-bond donors (Lipinski definition) is 1. The maximum absolute atomic E-state index is 12.5. The normalized spacial score (nSPS) is 10.9. The second-order valence-corrected chi connectivity index (χ2v) is 7.59. The average Bonchev–Trinajstić information content (AvgIpc) is 3.17. The summed E-state index contributed by atoms with van der Waals surface area (Å²) in [5.74, 6) is -0.0476. The molecule has 0 atom stereocenters. The van der Waals surface area contributed by atoms with Gasteiger partial charge in [-0.25, -0.2) is 4.79 Å². The molecule has 0 aliphatic rings. The number of aryl methyl sites for hydroxylation is 2. The first-order valence-electron chi connectivity index (χ1n) is 9.33. The Labute approximate surface area is 192 Å². The Morgan fingerprint density at radius 3 is 2.62 bits per heavy atom. The number of amides is 1. The zero-order valence-corrected chi connectivity index (χ0v) is 19.0. The van der Waals surface area contributed by atoms with Gasteiger partial charge in [0.15, 0.2) is 17.3 Å². The zero-order chi connectivity index (χ0) is 23.3. The van der Waals surface area contributed by atoms with E-state index < -0.39 is 11.9 Å². The lowest BCUT2D eigenvalue weighted by Gasteiger charge is -2.13. The molecule has 0 aliphatic carbocycles. The van der Waals surface area contributed by atoms with E-state index in [2.05, 4.69) is 26.4 Å². The van der Waals surface area contributed by atoms with Gasteiger partial charge >= 0.3 is 5.97 Å². The first-order valence-corrected chi connectivity index (χ1v) is 10.1. The second kappa shape index (κ2) is 9.94. The van der Waals surface area contributed by atoms with Crippen molar-refractivity contribution in [1.82, 2.24) is 5.16 Å². The maximum Gasteiger partial charge on any atom is 0.343 e. The third-order valence-electron chi connectivity index (χ3n) is 4.25. The van der Waals surface area contributed by atoms with Crippen molar-refractivity contribution in [1.29, 1.82) is 5.26 Å². The van der Waals surface area contributed by atoms with Gasteiger partial charge < -0.3 is 19.3 Å². The molecule has 1 heterocycles. The highest BCUT2D eigenvalue weighted by Crippen LogP contribution is 2.37. The molecule has 0 unspecified atom stereocenters. The van der Waals surface area contributed by atoms with Crippen LogP contribution in [0, 0.1) is 25.2 Å². The van der Waals surface area contributed by atoms with Crippen LogP contribution in [0.4, 0.5) is 5.82 Å². The monoisotopic (exact) mass is 495 g/mol. The van der Waals surface area contributed by atoms with Crippen LogP contribution < -0.4 is 14.8 Å². The summed E-state index contributed by atoms with van der Waals surface area (Å²) in [4.78, 5) is 24.9. The molecule has 0 saturated carbocycles. The highest BCUT2D eigenvalue weighted by molar-refractivity contribution is 9.10. The number of esters is 1. The SMILES string of the molecule is COc1cc(/C=C(/C#N)C(=O)Nc2cc(C)on2)cc(Br)c1OC(=O)c1cccc(C)c1. The molecule has 32 heavy (non-hydrogen) atoms. The number of halogens is 1. The second-order valence-electron chi connectivity index (χ2n) is 6.74. The fourth-order valence-corrected chi connectivity index (χ4v) is 3.31. The van der Waals surface area contributed by atoms with Gasteiger partial charge in [-0.2, -0.15) is 5.26 Å². The van der Waals surface area contributed by atoms with Gasteiger partial charge in [0, 0.05) is 6.07 Å². The van der Waals surface area contributed by atoms with Crippen molar-refractivity contribution >= 4 is 39.7 Å². The zero-order valence-electron chi connectivity index (χ0n) is 17.4. The predicted octanol–water partition coefficient (Wildman–Crippen LogP) is 4.83. The number of nitrogens with one attached hydrogen (secondary N) is 1. The number of anilines is 1. The van der Waals surface area contributed by atoms with Gasteiger partial charge in [0.05, 0.1) is 17.1 Å². The van der Waals surface area contributed by atoms with Gasteiger partial charge in [-0.3, -0.25) is 4.79 Å². The molecule has 0 fully saturated rings. The molecule has 9 heteroatoms. The molecule has 162 valence electrons. The molecule has 8 nitrogen and oxygen atoms in total. The molecule has 3 rings (SSSR count). The van der Waals surface area contributed by atoms with Crippen molar-refractivity contribution in [3.63, 3.8) is 0 Å². The van der Waals surface area contributed by atoms with Crippen LogP contribution in [0.3, 0.4) is 0 Å². The van der Waals surface area contributed by atoms with Crippen molar-refractivity contribution < 1.29 is 23.6 Å². The molecule has 1 N–H and O–H groups in total. The Morgan fingerprint density at radius 2 is 2.00 bits per heavy atom. The lowest BCUT2D eigenvalue weighted by Crippen LogP contribution is -2.13. The molecular weight excluding hydrogens is 478 g/mol. The van der Waals surface area contributed by atoms with Gasteiger partial charge in [0.2, 0.25) is 0 Å². The van der Waals surface area contributed by atoms with Crippen molar-refractivity contribution in [2.45, 2.75) is 13.8 Å². The standard InChI is InChI=1S/C23H18BrN3O5/c1-13-5-4-6-16(7-13)23(29)31-21-18(24)10-15(11-19(21)30-3)9-17(12-25)22(28)26-20-8-14(2)32-27-20/h4-11H,1-3H3,(H,26,27,28)/b17-9-. The van der Waals surface area contributed by atoms with Crippen molar-refractivity contribution in [2.75, 3.05) is 12.4 Å². The lowest BCUT2D eigenvalue weighted by atomic mass is 10.1. The fraction of sp³-hybridized carbons (Fsp3) is 0.130. The highest BCUT2D eigenvalue weighted by Gasteiger charge is 2.18. The van der Waals surface area contributed by atoms with Crippen molar-refractivity contribution in [2.24, 2.45) is 0 Å². The summed E-state index contributed by atoms with van der Waals surface area (Å²) >= 11 is 3.37. The molecule has 0 bridgehead atoms. The number of benzene rings is 2. The number of aromatic nitrogens is 1. The van der Waals surface area contributed by atoms with Gasteiger partial charge in [0.25, 0.3) is 5.91 Å². The maximum atomic E-state index is 12.5. The quantitative estimate of drug-likeness (QED) is 0.225. The van der Waals surface area contributed by atoms with E-state index in [1.807, 2.05) is 19.1 Å². The minimum absolute atomic E-state index is 0.163. The Kier molecular flexibility index (Phi) is 7.07. The summed E-state index contributed by atoms with van der Waals surface area (Å²) in [5.41, 5.74) is 1.64. The van der Waals surface area contributed by atoms with E-state index in [1.54, 1.807) is 37.3 Å². The third-order valence-corrected chi connectivity index (χ3v) is 4.83. The van der Waals surface area contributed by atoms with Crippen LogP contribution in [0.15, 0.2) is 57.0 Å². The number of ether oxygens (including phenoxy) is 2. The smallest absolute Gasteiger partial charge is 0.343 e. The topological polar surface area (TPSA) is 114 Å². The van der Waals surface area contributed by atoms with Gasteiger partial charge in [-0.05, 0) is 65.7 Å². The number of nitriles is 1. The van der Waals surface area contributed by atoms with E-state index >= 15 is 0 Å². The summed E-state index contributed by atoms with van der Waals surface area (Å²) in [7, 11) is 1.42. The van der Waals surface area contributed by atoms with Crippen LogP contribution in [0.5, 0.6) is 11.5 Å². The molecular formula is C23H18BrN3O5. The van der Waals surface area contributed by atoms with Crippen LogP contribution in [-0.2, 0) is 4.79 Å². The number of methoxy groups -OCH3 is 1. The summed E-state index contributed by atoms with van der Waals surface area (Å²) in [5, 5.41) is 15.6. The van der Waals surface area contributed by atoms with E-state index in [4.69, 9.17) is 14.0 Å². The molecule has 3 aromatic rings. The van der Waals surface area contributed by atoms with Crippen molar-refractivity contribution in [3.05, 3.63) is 75.0 Å². The van der Waals surface area contributed by atoms with Crippen LogP contribution in [0.1, 0.15) is 27.2 Å². The van der Waals surface area contributed by atoms with E-state index in [9.17, 15) is 14.9 Å². The van der Waals surface area contributed by atoms with Crippen LogP contribution >= 0.6 is 15.9 Å². The van der Waals surface area contributed by atoms with E-state index in [0.29, 0.717) is 21.4 Å². The Morgan fingerprint density at radius 1 is 1.22 bits per heavy atom. The predicted molar refractivity (Wildman–Crippen MR) is 120 cm³/mol. The van der Waals surface area contributed by atoms with Gasteiger partial charge in [-0.1, -0.05) is 22.9 Å². The molecule has 1 aromatic heterocycles. The third kappa shape index (κ3) is 5.42. The molecule has 0 aliphatic heterocycles. The largest absolute Gasteiger partial charge is 0.493 e. The number of carbonyl (C=O) groups is 2. The van der Waals surface area contributed by atoms with E-state index in [1.165, 1.54) is 19.3 Å². The number of rotatable bonds is 6. The highest BCUT2D eigenvalue weighted by atomic mass is 79.9. The molecule has 2 aromatic carbocycles. The molecule has 0 radical (unpaired) electrons. The summed E-state index contributed by atoms with van der Waals surface area (Å²) in [6.07, 6.45) is 1.38. The van der Waals surface area contributed by atoms with Gasteiger partial charge in [-0.15, -0.1) is 0 Å². The summed E-state index contributed by atoms with van der Waals surface area (Å²) in [6.45, 7) is 3.56. The Bertz CT molecular complexity index is 1260. The first kappa shape index (κ1) is 22.8. The van der Waals surface area contributed by atoms with Crippen LogP contribution in [0.2, 0.25) is 0 Å². The molecule has 0 spiro atoms. The number of carbonyl (C=O) groups excluding carboxylic acids is 2. The fourth-order valence-electron chi connectivity index (χ4n) is 2.77. The van der Waals surface area contributed by atoms with Crippen molar-refractivity contribution in [3.8, 4) is 17.6 Å². The minimum Gasteiger partial charge on any atom is -0.493 e.